The zero-order valence-electron chi connectivity index (χ0n) is 14.1. The molecule has 1 saturated heterocycles. The largest absolute Gasteiger partial charge is 0.478 e. The van der Waals surface area contributed by atoms with Gasteiger partial charge in [-0.2, -0.15) is 0 Å². The number of carboxylic acid groups (broad SMARTS) is 1. The molecule has 25 heavy (non-hydrogen) atoms. The van der Waals surface area contributed by atoms with Gasteiger partial charge in [0.25, 0.3) is 0 Å². The molecule has 0 radical (unpaired) electrons. The Bertz CT molecular complexity index is 600. The first kappa shape index (κ1) is 18.7. The van der Waals surface area contributed by atoms with E-state index in [1.165, 1.54) is 7.05 Å². The summed E-state index contributed by atoms with van der Waals surface area (Å²) >= 11 is 0. The van der Waals surface area contributed by atoms with Crippen molar-refractivity contribution in [2.75, 3.05) is 39.9 Å². The summed E-state index contributed by atoms with van der Waals surface area (Å²) < 4.78 is 10.2. The lowest BCUT2D eigenvalue weighted by Gasteiger charge is -2.28. The maximum Gasteiger partial charge on any atom is 0.410 e. The van der Waals surface area contributed by atoms with E-state index in [-0.39, 0.29) is 18.9 Å². The third-order valence-corrected chi connectivity index (χ3v) is 3.83. The molecule has 0 bridgehead atoms. The summed E-state index contributed by atoms with van der Waals surface area (Å²) in [5, 5.41) is 9.27. The number of amides is 2. The number of benzene rings is 1. The molecule has 136 valence electrons. The number of ether oxygens (including phenoxy) is 2. The monoisotopic (exact) mass is 350 g/mol. The first-order valence-corrected chi connectivity index (χ1v) is 8.01. The number of morpholine rings is 1. The second-order valence-electron chi connectivity index (χ2n) is 5.75. The van der Waals surface area contributed by atoms with Gasteiger partial charge in [-0.15, -0.1) is 0 Å². The van der Waals surface area contributed by atoms with Crippen molar-refractivity contribution in [3.63, 3.8) is 0 Å². The van der Waals surface area contributed by atoms with Crippen LogP contribution in [-0.2, 0) is 25.5 Å². The van der Waals surface area contributed by atoms with Crippen LogP contribution in [0.2, 0.25) is 0 Å². The number of carboxylic acids is 1. The zero-order valence-corrected chi connectivity index (χ0v) is 14.1. The minimum Gasteiger partial charge on any atom is -0.478 e. The Morgan fingerprint density at radius 2 is 1.88 bits per heavy atom. The predicted molar refractivity (Wildman–Crippen MR) is 88.1 cm³/mol. The Balaban J connectivity index is 1.88. The summed E-state index contributed by atoms with van der Waals surface area (Å²) in [4.78, 5) is 38.3. The van der Waals surface area contributed by atoms with Crippen LogP contribution in [0.1, 0.15) is 5.56 Å². The van der Waals surface area contributed by atoms with E-state index < -0.39 is 18.2 Å². The van der Waals surface area contributed by atoms with Crippen LogP contribution in [0.3, 0.4) is 0 Å². The number of carbonyl (C=O) groups is 3. The van der Waals surface area contributed by atoms with Gasteiger partial charge in [0.1, 0.15) is 6.54 Å². The lowest BCUT2D eigenvalue weighted by Crippen LogP contribution is -2.47. The molecular weight excluding hydrogens is 328 g/mol. The maximum absolute atomic E-state index is 12.1. The van der Waals surface area contributed by atoms with Crippen molar-refractivity contribution in [3.05, 3.63) is 35.9 Å². The second kappa shape index (κ2) is 9.03. The van der Waals surface area contributed by atoms with E-state index in [4.69, 9.17) is 9.47 Å². The highest BCUT2D eigenvalue weighted by atomic mass is 16.6. The van der Waals surface area contributed by atoms with E-state index in [2.05, 4.69) is 0 Å². The minimum absolute atomic E-state index is 0.0627. The summed E-state index contributed by atoms with van der Waals surface area (Å²) in [6.45, 7) is 1.73. The fourth-order valence-electron chi connectivity index (χ4n) is 2.40. The lowest BCUT2D eigenvalue weighted by atomic mass is 10.1. The molecule has 0 saturated carbocycles. The molecule has 1 aromatic carbocycles. The molecule has 8 heteroatoms. The molecule has 0 aliphatic carbocycles. The highest BCUT2D eigenvalue weighted by Gasteiger charge is 2.26. The van der Waals surface area contributed by atoms with E-state index in [0.717, 1.165) is 10.5 Å². The molecule has 1 aliphatic rings. The molecule has 1 unspecified atom stereocenters. The van der Waals surface area contributed by atoms with E-state index in [9.17, 15) is 19.5 Å². The number of hydrogen-bond acceptors (Lipinski definition) is 5. The van der Waals surface area contributed by atoms with E-state index in [0.29, 0.717) is 26.3 Å². The van der Waals surface area contributed by atoms with Crippen LogP contribution in [0.4, 0.5) is 4.79 Å². The average Bonchev–Trinajstić information content (AvgIpc) is 2.62. The lowest BCUT2D eigenvalue weighted by molar-refractivity contribution is -0.147. The Labute approximate surface area is 145 Å². The average molecular weight is 350 g/mol. The van der Waals surface area contributed by atoms with Gasteiger partial charge < -0.3 is 24.4 Å². The van der Waals surface area contributed by atoms with Gasteiger partial charge in [0.2, 0.25) is 12.0 Å². The van der Waals surface area contributed by atoms with Crippen LogP contribution in [0.5, 0.6) is 0 Å². The Hall–Kier alpha value is -2.61. The fourth-order valence-corrected chi connectivity index (χ4v) is 2.40. The first-order valence-electron chi connectivity index (χ1n) is 8.01. The Morgan fingerprint density at radius 3 is 2.48 bits per heavy atom. The quantitative estimate of drug-likeness (QED) is 0.807. The molecule has 1 fully saturated rings. The molecule has 2 amide bonds. The van der Waals surface area contributed by atoms with Crippen LogP contribution in [0.15, 0.2) is 30.3 Å². The van der Waals surface area contributed by atoms with Crippen LogP contribution < -0.4 is 0 Å². The van der Waals surface area contributed by atoms with Gasteiger partial charge in [-0.25, -0.2) is 9.59 Å². The topological polar surface area (TPSA) is 96.4 Å². The number of aliphatic carboxylic acids is 1. The third-order valence-electron chi connectivity index (χ3n) is 3.83. The van der Waals surface area contributed by atoms with Crippen LogP contribution in [0, 0.1) is 0 Å². The van der Waals surface area contributed by atoms with Gasteiger partial charge in [0.15, 0.2) is 0 Å². The van der Waals surface area contributed by atoms with Crippen molar-refractivity contribution >= 4 is 18.0 Å². The van der Waals surface area contributed by atoms with Gasteiger partial charge in [-0.1, -0.05) is 30.3 Å². The number of nitrogens with zero attached hydrogens (tertiary/aromatic N) is 2. The smallest absolute Gasteiger partial charge is 0.410 e. The number of rotatable bonds is 6. The molecule has 1 N–H and O–H groups in total. The fraction of sp³-hybridized carbons (Fsp3) is 0.471. The first-order chi connectivity index (χ1) is 12.0. The Morgan fingerprint density at radius 1 is 1.24 bits per heavy atom. The van der Waals surface area contributed by atoms with Gasteiger partial charge in [-0.3, -0.25) is 4.79 Å². The van der Waals surface area contributed by atoms with Crippen LogP contribution in [-0.4, -0.2) is 78.9 Å². The molecule has 1 aromatic rings. The summed E-state index contributed by atoms with van der Waals surface area (Å²) in [6.07, 6.45) is -2.09. The standard InChI is InChI=1S/C17H22N2O6/c1-18(12-15(20)19-7-9-24-10-8-19)17(23)25-14(16(21)22)11-13-5-3-2-4-6-13/h2-6,14H,7-12H2,1H3,(H,21,22). The van der Waals surface area contributed by atoms with Crippen molar-refractivity contribution < 1.29 is 29.0 Å². The van der Waals surface area contributed by atoms with Crippen molar-refractivity contribution in [3.8, 4) is 0 Å². The summed E-state index contributed by atoms with van der Waals surface area (Å²) in [5.74, 6) is -1.46. The summed E-state index contributed by atoms with van der Waals surface area (Å²) in [7, 11) is 1.40. The van der Waals surface area contributed by atoms with Crippen molar-refractivity contribution in [2.24, 2.45) is 0 Å². The second-order valence-corrected chi connectivity index (χ2v) is 5.75. The highest BCUT2D eigenvalue weighted by Crippen LogP contribution is 2.08. The van der Waals surface area contributed by atoms with Crippen LogP contribution in [0.25, 0.3) is 0 Å². The maximum atomic E-state index is 12.1. The van der Waals surface area contributed by atoms with Gasteiger partial charge >= 0.3 is 12.1 Å². The molecule has 0 spiro atoms. The van der Waals surface area contributed by atoms with Gasteiger partial charge in [0, 0.05) is 26.6 Å². The molecule has 1 aliphatic heterocycles. The third kappa shape index (κ3) is 5.75. The predicted octanol–water partition coefficient (Wildman–Crippen LogP) is 0.609. The van der Waals surface area contributed by atoms with E-state index in [1.807, 2.05) is 6.07 Å². The normalized spacial score (nSPS) is 15.3. The number of carbonyl (C=O) groups excluding carboxylic acids is 2. The van der Waals surface area contributed by atoms with Gasteiger partial charge in [-0.05, 0) is 5.56 Å². The van der Waals surface area contributed by atoms with Crippen molar-refractivity contribution in [2.45, 2.75) is 12.5 Å². The molecule has 2 rings (SSSR count). The molecule has 1 heterocycles. The zero-order chi connectivity index (χ0) is 18.2. The van der Waals surface area contributed by atoms with Crippen molar-refractivity contribution in [1.29, 1.82) is 0 Å². The SMILES string of the molecule is CN(CC(=O)N1CCOCC1)C(=O)OC(Cc1ccccc1)C(=O)O. The summed E-state index contributed by atoms with van der Waals surface area (Å²) in [6, 6.07) is 8.90. The summed E-state index contributed by atoms with van der Waals surface area (Å²) in [5.41, 5.74) is 0.745. The van der Waals surface area contributed by atoms with Gasteiger partial charge in [0.05, 0.1) is 13.2 Å². The molecule has 1 atom stereocenters. The van der Waals surface area contributed by atoms with E-state index in [1.54, 1.807) is 29.2 Å². The minimum atomic E-state index is -1.31. The van der Waals surface area contributed by atoms with Crippen molar-refractivity contribution in [1.82, 2.24) is 9.80 Å². The Kier molecular flexibility index (Phi) is 6.76. The van der Waals surface area contributed by atoms with Crippen LogP contribution >= 0.6 is 0 Å². The number of hydrogen-bond donors (Lipinski definition) is 1. The molecule has 8 nitrogen and oxygen atoms in total. The van der Waals surface area contributed by atoms with E-state index >= 15 is 0 Å². The number of likely N-dealkylation sites (N-methyl/N-ethyl adjacent to an activating group) is 1. The molecular formula is C17H22N2O6. The molecule has 0 aromatic heterocycles. The highest BCUT2D eigenvalue weighted by molar-refractivity contribution is 5.83.